The topological polar surface area (TPSA) is 96.3 Å². The maximum absolute atomic E-state index is 11.6. The van der Waals surface area contributed by atoms with Gasteiger partial charge in [-0.05, 0) is 12.5 Å². The van der Waals surface area contributed by atoms with Crippen molar-refractivity contribution in [1.29, 1.82) is 0 Å². The van der Waals surface area contributed by atoms with E-state index in [1.54, 1.807) is 10.9 Å². The highest BCUT2D eigenvalue weighted by molar-refractivity contribution is 5.75. The van der Waals surface area contributed by atoms with E-state index in [4.69, 9.17) is 5.11 Å². The number of nitrogens with zero attached hydrogens (tertiary/aromatic N) is 2. The minimum absolute atomic E-state index is 0.0551. The first-order chi connectivity index (χ1) is 9.11. The maximum atomic E-state index is 11.6. The number of nitrogens with one attached hydrogen (secondary N) is 2. The number of rotatable bonds is 8. The van der Waals surface area contributed by atoms with Crippen LogP contribution < -0.4 is 10.6 Å². The van der Waals surface area contributed by atoms with Gasteiger partial charge in [0.05, 0.1) is 13.0 Å². The third kappa shape index (κ3) is 6.44. The molecule has 1 aromatic rings. The molecule has 7 nitrogen and oxygen atoms in total. The first kappa shape index (κ1) is 15.0. The van der Waals surface area contributed by atoms with Gasteiger partial charge in [0.25, 0.3) is 0 Å². The van der Waals surface area contributed by atoms with E-state index in [-0.39, 0.29) is 18.5 Å². The summed E-state index contributed by atoms with van der Waals surface area (Å²) in [4.78, 5) is 22.2. The van der Waals surface area contributed by atoms with Gasteiger partial charge in [-0.3, -0.25) is 9.48 Å². The molecule has 1 aromatic heterocycles. The lowest BCUT2D eigenvalue weighted by Gasteiger charge is -2.16. The van der Waals surface area contributed by atoms with Gasteiger partial charge in [-0.2, -0.15) is 5.10 Å². The monoisotopic (exact) mass is 268 g/mol. The van der Waals surface area contributed by atoms with E-state index < -0.39 is 5.97 Å². The first-order valence-electron chi connectivity index (χ1n) is 6.35. The Bertz CT molecular complexity index is 392. The zero-order chi connectivity index (χ0) is 14.1. The largest absolute Gasteiger partial charge is 0.481 e. The van der Waals surface area contributed by atoms with Crippen LogP contribution in [0.4, 0.5) is 4.79 Å². The Hall–Kier alpha value is -2.05. The van der Waals surface area contributed by atoms with Crippen LogP contribution in [0.15, 0.2) is 18.5 Å². The molecule has 0 aliphatic heterocycles. The normalized spacial score (nSPS) is 11.8. The molecular formula is C12H20N4O3. The highest BCUT2D eigenvalue weighted by atomic mass is 16.4. The molecule has 1 unspecified atom stereocenters. The van der Waals surface area contributed by atoms with Crippen LogP contribution in [0.2, 0.25) is 0 Å². The summed E-state index contributed by atoms with van der Waals surface area (Å²) in [6, 6.07) is 1.14. The molecular weight excluding hydrogens is 248 g/mol. The van der Waals surface area contributed by atoms with Crippen LogP contribution in [0.3, 0.4) is 0 Å². The van der Waals surface area contributed by atoms with E-state index in [1.807, 2.05) is 19.2 Å². The van der Waals surface area contributed by atoms with Crippen molar-refractivity contribution >= 4 is 12.0 Å². The molecule has 3 N–H and O–H groups in total. The molecule has 106 valence electrons. The van der Waals surface area contributed by atoms with Crippen molar-refractivity contribution < 1.29 is 14.7 Å². The first-order valence-corrected chi connectivity index (χ1v) is 6.35. The van der Waals surface area contributed by atoms with Crippen molar-refractivity contribution in [2.24, 2.45) is 0 Å². The lowest BCUT2D eigenvalue weighted by molar-refractivity contribution is -0.137. The summed E-state index contributed by atoms with van der Waals surface area (Å²) < 4.78 is 1.71. The van der Waals surface area contributed by atoms with Gasteiger partial charge in [-0.15, -0.1) is 0 Å². The van der Waals surface area contributed by atoms with Crippen LogP contribution in [0, 0.1) is 0 Å². The van der Waals surface area contributed by atoms with Gasteiger partial charge in [0.1, 0.15) is 0 Å². The SMILES string of the molecule is CCCC(CC(=O)O)NC(=O)NCCn1cccn1. The Morgan fingerprint density at radius 1 is 1.47 bits per heavy atom. The minimum atomic E-state index is -0.907. The fraction of sp³-hybridized carbons (Fsp3) is 0.583. The van der Waals surface area contributed by atoms with Crippen LogP contribution in [-0.2, 0) is 11.3 Å². The van der Waals surface area contributed by atoms with Crippen LogP contribution >= 0.6 is 0 Å². The third-order valence-corrected chi connectivity index (χ3v) is 2.58. The molecule has 0 aliphatic carbocycles. The summed E-state index contributed by atoms with van der Waals surface area (Å²) in [7, 11) is 0. The molecule has 0 saturated heterocycles. The van der Waals surface area contributed by atoms with Gasteiger partial charge in [-0.1, -0.05) is 13.3 Å². The fourth-order valence-electron chi connectivity index (χ4n) is 1.74. The summed E-state index contributed by atoms with van der Waals surface area (Å²) >= 11 is 0. The number of hydrogen-bond donors (Lipinski definition) is 3. The van der Waals surface area contributed by atoms with Gasteiger partial charge in [0.2, 0.25) is 0 Å². The number of carbonyl (C=O) groups is 2. The summed E-state index contributed by atoms with van der Waals surface area (Å²) in [6.07, 6.45) is 4.90. The molecule has 0 saturated carbocycles. The molecule has 19 heavy (non-hydrogen) atoms. The number of amides is 2. The minimum Gasteiger partial charge on any atom is -0.481 e. The van der Waals surface area contributed by atoms with Gasteiger partial charge in [0.15, 0.2) is 0 Å². The lowest BCUT2D eigenvalue weighted by atomic mass is 10.1. The molecule has 0 spiro atoms. The average molecular weight is 268 g/mol. The molecule has 0 radical (unpaired) electrons. The Kier molecular flexibility index (Phi) is 6.42. The second-order valence-corrected chi connectivity index (χ2v) is 4.25. The molecule has 1 atom stereocenters. The third-order valence-electron chi connectivity index (χ3n) is 2.58. The van der Waals surface area contributed by atoms with E-state index in [9.17, 15) is 9.59 Å². The highest BCUT2D eigenvalue weighted by Gasteiger charge is 2.14. The summed E-state index contributed by atoms with van der Waals surface area (Å²) in [5.41, 5.74) is 0. The second-order valence-electron chi connectivity index (χ2n) is 4.25. The van der Waals surface area contributed by atoms with Crippen molar-refractivity contribution in [2.45, 2.75) is 38.8 Å². The quantitative estimate of drug-likeness (QED) is 0.650. The maximum Gasteiger partial charge on any atom is 0.315 e. The molecule has 0 aromatic carbocycles. The molecule has 1 heterocycles. The molecule has 0 fully saturated rings. The van der Waals surface area contributed by atoms with Crippen molar-refractivity contribution in [3.63, 3.8) is 0 Å². The number of carboxylic acids is 1. The lowest BCUT2D eigenvalue weighted by Crippen LogP contribution is -2.43. The van der Waals surface area contributed by atoms with E-state index in [0.29, 0.717) is 19.5 Å². The smallest absolute Gasteiger partial charge is 0.315 e. The standard InChI is InChI=1S/C12H20N4O3/c1-2-4-10(9-11(17)18)15-12(19)13-6-8-16-7-3-5-14-16/h3,5,7,10H,2,4,6,8-9H2,1H3,(H,17,18)(H2,13,15,19). The summed E-state index contributed by atoms with van der Waals surface area (Å²) in [5.74, 6) is -0.907. The van der Waals surface area contributed by atoms with E-state index >= 15 is 0 Å². The van der Waals surface area contributed by atoms with E-state index in [2.05, 4.69) is 15.7 Å². The number of hydrogen-bond acceptors (Lipinski definition) is 3. The number of aromatic nitrogens is 2. The Morgan fingerprint density at radius 3 is 2.84 bits per heavy atom. The summed E-state index contributed by atoms with van der Waals surface area (Å²) in [5, 5.41) is 18.1. The number of carboxylic acid groups (broad SMARTS) is 1. The van der Waals surface area contributed by atoms with Crippen molar-refractivity contribution in [1.82, 2.24) is 20.4 Å². The summed E-state index contributed by atoms with van der Waals surface area (Å²) in [6.45, 7) is 2.98. The molecule has 0 aliphatic rings. The molecule has 2 amide bonds. The molecule has 0 bridgehead atoms. The van der Waals surface area contributed by atoms with Crippen molar-refractivity contribution in [3.8, 4) is 0 Å². The Morgan fingerprint density at radius 2 is 2.26 bits per heavy atom. The van der Waals surface area contributed by atoms with Crippen molar-refractivity contribution in [3.05, 3.63) is 18.5 Å². The predicted molar refractivity (Wildman–Crippen MR) is 69.7 cm³/mol. The van der Waals surface area contributed by atoms with Gasteiger partial charge in [-0.25, -0.2) is 4.79 Å². The molecule has 1 rings (SSSR count). The fourth-order valence-corrected chi connectivity index (χ4v) is 1.74. The Balaban J connectivity index is 2.25. The van der Waals surface area contributed by atoms with Crippen LogP contribution in [0.5, 0.6) is 0 Å². The Labute approximate surface area is 112 Å². The van der Waals surface area contributed by atoms with E-state index in [0.717, 1.165) is 6.42 Å². The number of aliphatic carboxylic acids is 1. The van der Waals surface area contributed by atoms with Gasteiger partial charge in [0, 0.05) is 25.0 Å². The second kappa shape index (κ2) is 8.12. The predicted octanol–water partition coefficient (Wildman–Crippen LogP) is 0.826. The zero-order valence-electron chi connectivity index (χ0n) is 11.0. The number of carbonyl (C=O) groups excluding carboxylic acids is 1. The van der Waals surface area contributed by atoms with Crippen LogP contribution in [0.1, 0.15) is 26.2 Å². The van der Waals surface area contributed by atoms with Crippen LogP contribution in [-0.4, -0.2) is 39.5 Å². The zero-order valence-corrected chi connectivity index (χ0v) is 11.0. The van der Waals surface area contributed by atoms with E-state index in [1.165, 1.54) is 0 Å². The van der Waals surface area contributed by atoms with Crippen molar-refractivity contribution in [2.75, 3.05) is 6.54 Å². The molecule has 7 heteroatoms. The number of urea groups is 1. The van der Waals surface area contributed by atoms with Gasteiger partial charge >= 0.3 is 12.0 Å². The average Bonchev–Trinajstić information content (AvgIpc) is 2.81. The van der Waals surface area contributed by atoms with Gasteiger partial charge < -0.3 is 15.7 Å². The highest BCUT2D eigenvalue weighted by Crippen LogP contribution is 2.01. The van der Waals surface area contributed by atoms with Crippen LogP contribution in [0.25, 0.3) is 0 Å².